The van der Waals surface area contributed by atoms with Crippen LogP contribution in [0.15, 0.2) is 30.5 Å². The highest BCUT2D eigenvalue weighted by Crippen LogP contribution is 2.16. The van der Waals surface area contributed by atoms with Gasteiger partial charge < -0.3 is 16.2 Å². The summed E-state index contributed by atoms with van der Waals surface area (Å²) in [6.45, 7) is 3.22. The van der Waals surface area contributed by atoms with Gasteiger partial charge in [0.05, 0.1) is 18.5 Å². The number of unbranched alkanes of at least 4 members (excludes halogenated alkanes) is 1. The van der Waals surface area contributed by atoms with Crippen molar-refractivity contribution in [2.45, 2.75) is 32.7 Å². The number of nitrogen functional groups attached to an aromatic ring is 1. The topological polar surface area (TPSA) is 104 Å². The number of aromatic nitrogens is 4. The van der Waals surface area contributed by atoms with Crippen LogP contribution in [0.5, 0.6) is 6.01 Å². The van der Waals surface area contributed by atoms with Gasteiger partial charge in [-0.25, -0.2) is 9.50 Å². The van der Waals surface area contributed by atoms with E-state index in [0.717, 1.165) is 29.7 Å². The molecule has 0 spiro atoms. The van der Waals surface area contributed by atoms with Gasteiger partial charge in [0, 0.05) is 13.0 Å². The standard InChI is InChI=1S/C17H22N6O/c1-2-3-8-24-17-21-15(19)16-20-14(11-23(16)22-17)9-12-4-6-13(10-18)7-5-12/h4-7,11H,2-3,8-10,18H2,1H3,(H2,19,21,22). The summed E-state index contributed by atoms with van der Waals surface area (Å²) in [6, 6.07) is 8.45. The average molecular weight is 326 g/mol. The van der Waals surface area contributed by atoms with E-state index < -0.39 is 0 Å². The Bertz CT molecular complexity index is 812. The van der Waals surface area contributed by atoms with E-state index in [1.54, 1.807) is 4.52 Å². The van der Waals surface area contributed by atoms with Gasteiger partial charge in [-0.3, -0.25) is 0 Å². The fourth-order valence-corrected chi connectivity index (χ4v) is 2.39. The van der Waals surface area contributed by atoms with Crippen LogP contribution in [0, 0.1) is 0 Å². The molecule has 0 fully saturated rings. The van der Waals surface area contributed by atoms with E-state index in [2.05, 4.69) is 34.1 Å². The molecule has 0 amide bonds. The Labute approximate surface area is 140 Å². The summed E-state index contributed by atoms with van der Waals surface area (Å²) in [4.78, 5) is 8.68. The molecule has 3 rings (SSSR count). The number of ether oxygens (including phenoxy) is 1. The van der Waals surface area contributed by atoms with Crippen LogP contribution in [0.1, 0.15) is 36.6 Å². The third-order valence-corrected chi connectivity index (χ3v) is 3.75. The second-order valence-electron chi connectivity index (χ2n) is 5.68. The summed E-state index contributed by atoms with van der Waals surface area (Å²) in [5, 5.41) is 4.32. The quantitative estimate of drug-likeness (QED) is 0.643. The minimum atomic E-state index is 0.282. The van der Waals surface area contributed by atoms with E-state index in [1.165, 1.54) is 0 Å². The molecule has 0 bridgehead atoms. The number of rotatable bonds is 7. The Kier molecular flexibility index (Phi) is 4.90. The van der Waals surface area contributed by atoms with Crippen LogP contribution >= 0.6 is 0 Å². The molecule has 126 valence electrons. The molecule has 2 aromatic heterocycles. The number of anilines is 1. The van der Waals surface area contributed by atoms with Crippen molar-refractivity contribution in [2.24, 2.45) is 5.73 Å². The Morgan fingerprint density at radius 2 is 1.88 bits per heavy atom. The third-order valence-electron chi connectivity index (χ3n) is 3.75. The molecular weight excluding hydrogens is 304 g/mol. The molecule has 0 unspecified atom stereocenters. The van der Waals surface area contributed by atoms with Crippen LogP contribution in [0.3, 0.4) is 0 Å². The van der Waals surface area contributed by atoms with Crippen LogP contribution in [0.4, 0.5) is 5.82 Å². The van der Waals surface area contributed by atoms with Crippen molar-refractivity contribution in [3.05, 3.63) is 47.3 Å². The zero-order valence-corrected chi connectivity index (χ0v) is 13.8. The average Bonchev–Trinajstić information content (AvgIpc) is 2.99. The van der Waals surface area contributed by atoms with Gasteiger partial charge in [0.15, 0.2) is 11.5 Å². The molecule has 4 N–H and O–H groups in total. The van der Waals surface area contributed by atoms with Crippen LogP contribution < -0.4 is 16.2 Å². The van der Waals surface area contributed by atoms with Crippen molar-refractivity contribution in [3.63, 3.8) is 0 Å². The smallest absolute Gasteiger partial charge is 0.336 e. The number of hydrogen-bond donors (Lipinski definition) is 2. The first-order valence-electron chi connectivity index (χ1n) is 8.12. The molecule has 3 aromatic rings. The van der Waals surface area contributed by atoms with Gasteiger partial charge in [0.25, 0.3) is 0 Å². The molecule has 0 atom stereocenters. The van der Waals surface area contributed by atoms with Crippen LogP contribution in [-0.4, -0.2) is 26.2 Å². The van der Waals surface area contributed by atoms with Crippen molar-refractivity contribution in [3.8, 4) is 6.01 Å². The van der Waals surface area contributed by atoms with Gasteiger partial charge >= 0.3 is 6.01 Å². The van der Waals surface area contributed by atoms with Crippen LogP contribution in [0.25, 0.3) is 5.65 Å². The lowest BCUT2D eigenvalue weighted by atomic mass is 10.1. The number of nitrogens with zero attached hydrogens (tertiary/aromatic N) is 4. The predicted molar refractivity (Wildman–Crippen MR) is 92.7 cm³/mol. The maximum absolute atomic E-state index is 5.98. The number of imidazole rings is 1. The van der Waals surface area contributed by atoms with Gasteiger partial charge in [-0.05, 0) is 17.5 Å². The first-order valence-corrected chi connectivity index (χ1v) is 8.12. The van der Waals surface area contributed by atoms with E-state index in [0.29, 0.717) is 31.0 Å². The van der Waals surface area contributed by atoms with Crippen molar-refractivity contribution >= 4 is 11.5 Å². The molecule has 24 heavy (non-hydrogen) atoms. The molecule has 0 saturated carbocycles. The van der Waals surface area contributed by atoms with Gasteiger partial charge in [-0.15, -0.1) is 5.10 Å². The normalized spacial score (nSPS) is 11.1. The lowest BCUT2D eigenvalue weighted by molar-refractivity contribution is 0.281. The summed E-state index contributed by atoms with van der Waals surface area (Å²) >= 11 is 0. The fraction of sp³-hybridized carbons (Fsp3) is 0.353. The van der Waals surface area contributed by atoms with E-state index in [9.17, 15) is 0 Å². The molecule has 0 aliphatic rings. The Balaban J connectivity index is 1.80. The summed E-state index contributed by atoms with van der Waals surface area (Å²) in [6.07, 6.45) is 4.56. The summed E-state index contributed by atoms with van der Waals surface area (Å²) < 4.78 is 7.16. The van der Waals surface area contributed by atoms with Gasteiger partial charge in [0.1, 0.15) is 0 Å². The lowest BCUT2D eigenvalue weighted by Crippen LogP contribution is -2.06. The highest BCUT2D eigenvalue weighted by molar-refractivity contribution is 5.59. The third kappa shape index (κ3) is 3.62. The van der Waals surface area contributed by atoms with Crippen LogP contribution in [0.2, 0.25) is 0 Å². The summed E-state index contributed by atoms with van der Waals surface area (Å²) in [5.41, 5.74) is 15.3. The molecule has 0 aliphatic carbocycles. The molecular formula is C17H22N6O. The SMILES string of the molecule is CCCCOc1nc(N)c2nc(Cc3ccc(CN)cc3)cn2n1. The number of benzene rings is 1. The highest BCUT2D eigenvalue weighted by atomic mass is 16.5. The van der Waals surface area contributed by atoms with E-state index in [1.807, 2.05) is 18.3 Å². The van der Waals surface area contributed by atoms with E-state index in [-0.39, 0.29) is 6.01 Å². The first kappa shape index (κ1) is 16.2. The zero-order chi connectivity index (χ0) is 16.9. The predicted octanol–water partition coefficient (Wildman–Crippen LogP) is 1.93. The minimum absolute atomic E-state index is 0.282. The Morgan fingerprint density at radius 1 is 1.12 bits per heavy atom. The molecule has 2 heterocycles. The number of nitrogens with two attached hydrogens (primary N) is 2. The lowest BCUT2D eigenvalue weighted by Gasteiger charge is -2.04. The minimum Gasteiger partial charge on any atom is -0.462 e. The van der Waals surface area contributed by atoms with Gasteiger partial charge in [0.2, 0.25) is 0 Å². The van der Waals surface area contributed by atoms with Crippen molar-refractivity contribution in [1.82, 2.24) is 19.6 Å². The first-order chi connectivity index (χ1) is 11.7. The highest BCUT2D eigenvalue weighted by Gasteiger charge is 2.11. The molecule has 0 radical (unpaired) electrons. The van der Waals surface area contributed by atoms with Gasteiger partial charge in [-0.1, -0.05) is 37.6 Å². The molecule has 0 aliphatic heterocycles. The monoisotopic (exact) mass is 326 g/mol. The maximum atomic E-state index is 5.98. The van der Waals surface area contributed by atoms with Crippen molar-refractivity contribution in [2.75, 3.05) is 12.3 Å². The Morgan fingerprint density at radius 3 is 2.58 bits per heavy atom. The van der Waals surface area contributed by atoms with Crippen molar-refractivity contribution < 1.29 is 4.74 Å². The molecule has 7 nitrogen and oxygen atoms in total. The molecule has 7 heteroatoms. The second kappa shape index (κ2) is 7.27. The number of hydrogen-bond acceptors (Lipinski definition) is 6. The number of fused-ring (bicyclic) bond motifs is 1. The maximum Gasteiger partial charge on any atom is 0.336 e. The summed E-state index contributed by atoms with van der Waals surface area (Å²) in [7, 11) is 0. The van der Waals surface area contributed by atoms with Crippen LogP contribution in [-0.2, 0) is 13.0 Å². The second-order valence-corrected chi connectivity index (χ2v) is 5.68. The fourth-order valence-electron chi connectivity index (χ4n) is 2.39. The largest absolute Gasteiger partial charge is 0.462 e. The van der Waals surface area contributed by atoms with E-state index in [4.69, 9.17) is 16.2 Å². The summed E-state index contributed by atoms with van der Waals surface area (Å²) in [5.74, 6) is 0.321. The van der Waals surface area contributed by atoms with Crippen molar-refractivity contribution in [1.29, 1.82) is 0 Å². The molecule has 0 saturated heterocycles. The van der Waals surface area contributed by atoms with Gasteiger partial charge in [-0.2, -0.15) is 4.98 Å². The van der Waals surface area contributed by atoms with E-state index >= 15 is 0 Å². The zero-order valence-electron chi connectivity index (χ0n) is 13.8. The Hall–Kier alpha value is -2.67. The molecule has 1 aromatic carbocycles.